The smallest absolute Gasteiger partial charge is 0.0239 e. The molecule has 0 aromatic carbocycles. The van der Waals surface area contributed by atoms with Crippen LogP contribution in [0.5, 0.6) is 0 Å². The maximum Gasteiger partial charge on any atom is 0.0239 e. The van der Waals surface area contributed by atoms with Crippen LogP contribution in [0.3, 0.4) is 0 Å². The minimum atomic E-state index is 0.213. The fourth-order valence-corrected chi connectivity index (χ4v) is 2.21. The molecule has 0 amide bonds. The Kier molecular flexibility index (Phi) is 4.11. The van der Waals surface area contributed by atoms with Gasteiger partial charge in [-0.1, -0.05) is 13.8 Å². The molecule has 0 aliphatic carbocycles. The van der Waals surface area contributed by atoms with Crippen LogP contribution in [-0.2, 0) is 6.54 Å². The zero-order chi connectivity index (χ0) is 10.6. The van der Waals surface area contributed by atoms with Crippen LogP contribution in [0.2, 0.25) is 0 Å². The van der Waals surface area contributed by atoms with Crippen molar-refractivity contribution in [2.24, 2.45) is 11.1 Å². The lowest BCUT2D eigenvalue weighted by Gasteiger charge is -2.28. The van der Waals surface area contributed by atoms with Crippen LogP contribution in [0, 0.1) is 5.41 Å². The van der Waals surface area contributed by atoms with E-state index >= 15 is 0 Å². The van der Waals surface area contributed by atoms with Crippen LogP contribution in [0.4, 0.5) is 0 Å². The number of nitrogens with zero attached hydrogens (tertiary/aromatic N) is 1. The van der Waals surface area contributed by atoms with Crippen molar-refractivity contribution in [3.63, 3.8) is 0 Å². The average molecular weight is 212 g/mol. The second-order valence-corrected chi connectivity index (χ2v) is 5.45. The van der Waals surface area contributed by atoms with E-state index < -0.39 is 0 Å². The zero-order valence-electron chi connectivity index (χ0n) is 9.29. The number of nitrogens with two attached hydrogens (primary N) is 1. The Hall–Kier alpha value is -0.380. The van der Waals surface area contributed by atoms with Gasteiger partial charge in [-0.15, -0.1) is 0 Å². The molecule has 2 N–H and O–H groups in total. The molecule has 0 saturated heterocycles. The van der Waals surface area contributed by atoms with Crippen molar-refractivity contribution in [3.8, 4) is 0 Å². The monoisotopic (exact) mass is 212 g/mol. The molecule has 0 saturated carbocycles. The standard InChI is InChI=1S/C11H20N2S/c1-11(2,8-12)9-13(3)6-10-4-5-14-7-10/h4-5,7H,6,8-9,12H2,1-3H3. The molecule has 80 valence electrons. The van der Waals surface area contributed by atoms with Crippen molar-refractivity contribution in [1.82, 2.24) is 4.90 Å². The van der Waals surface area contributed by atoms with E-state index in [2.05, 4.69) is 42.6 Å². The summed E-state index contributed by atoms with van der Waals surface area (Å²) < 4.78 is 0. The highest BCUT2D eigenvalue weighted by atomic mass is 32.1. The highest BCUT2D eigenvalue weighted by Gasteiger charge is 2.17. The Morgan fingerprint density at radius 2 is 2.21 bits per heavy atom. The topological polar surface area (TPSA) is 29.3 Å². The first-order chi connectivity index (χ1) is 6.53. The van der Waals surface area contributed by atoms with Crippen molar-refractivity contribution >= 4 is 11.3 Å². The van der Waals surface area contributed by atoms with Crippen LogP contribution in [0.25, 0.3) is 0 Å². The fourth-order valence-electron chi connectivity index (χ4n) is 1.55. The molecule has 0 aliphatic heterocycles. The molecule has 3 heteroatoms. The lowest BCUT2D eigenvalue weighted by atomic mass is 9.93. The number of rotatable bonds is 5. The molecule has 0 fully saturated rings. The maximum atomic E-state index is 5.70. The summed E-state index contributed by atoms with van der Waals surface area (Å²) in [5.41, 5.74) is 7.31. The van der Waals surface area contributed by atoms with Gasteiger partial charge in [0.2, 0.25) is 0 Å². The summed E-state index contributed by atoms with van der Waals surface area (Å²) in [7, 11) is 2.15. The Morgan fingerprint density at radius 1 is 1.50 bits per heavy atom. The summed E-state index contributed by atoms with van der Waals surface area (Å²) in [6.07, 6.45) is 0. The molecule has 2 nitrogen and oxygen atoms in total. The molecule has 14 heavy (non-hydrogen) atoms. The van der Waals surface area contributed by atoms with E-state index in [1.54, 1.807) is 11.3 Å². The van der Waals surface area contributed by atoms with E-state index in [1.165, 1.54) is 5.56 Å². The lowest BCUT2D eigenvalue weighted by molar-refractivity contribution is 0.210. The van der Waals surface area contributed by atoms with E-state index in [9.17, 15) is 0 Å². The van der Waals surface area contributed by atoms with Gasteiger partial charge in [0.05, 0.1) is 0 Å². The fraction of sp³-hybridized carbons (Fsp3) is 0.636. The normalized spacial score (nSPS) is 12.4. The first-order valence-electron chi connectivity index (χ1n) is 4.93. The summed E-state index contributed by atoms with van der Waals surface area (Å²) in [4.78, 5) is 2.33. The van der Waals surface area contributed by atoms with Crippen LogP contribution in [-0.4, -0.2) is 25.0 Å². The largest absolute Gasteiger partial charge is 0.330 e. The third-order valence-corrected chi connectivity index (χ3v) is 3.02. The van der Waals surface area contributed by atoms with E-state index in [4.69, 9.17) is 5.73 Å². The van der Waals surface area contributed by atoms with Gasteiger partial charge in [0.15, 0.2) is 0 Å². The van der Waals surface area contributed by atoms with E-state index in [-0.39, 0.29) is 5.41 Å². The molecule has 1 aromatic heterocycles. The van der Waals surface area contributed by atoms with Crippen molar-refractivity contribution in [1.29, 1.82) is 0 Å². The van der Waals surface area contributed by atoms with Gasteiger partial charge in [-0.05, 0) is 41.4 Å². The Bertz CT molecular complexity index is 254. The van der Waals surface area contributed by atoms with Gasteiger partial charge in [-0.25, -0.2) is 0 Å². The number of thiophene rings is 1. The van der Waals surface area contributed by atoms with Gasteiger partial charge >= 0.3 is 0 Å². The first kappa shape index (κ1) is 11.7. The van der Waals surface area contributed by atoms with E-state index in [0.29, 0.717) is 0 Å². The minimum absolute atomic E-state index is 0.213. The second kappa shape index (κ2) is 4.91. The van der Waals surface area contributed by atoms with Crippen molar-refractivity contribution in [2.45, 2.75) is 20.4 Å². The molecule has 0 radical (unpaired) electrons. The molecule has 0 aliphatic rings. The van der Waals surface area contributed by atoms with Crippen molar-refractivity contribution in [3.05, 3.63) is 22.4 Å². The van der Waals surface area contributed by atoms with Gasteiger partial charge in [0.1, 0.15) is 0 Å². The third-order valence-electron chi connectivity index (χ3n) is 2.28. The van der Waals surface area contributed by atoms with Crippen molar-refractivity contribution in [2.75, 3.05) is 20.1 Å². The van der Waals surface area contributed by atoms with E-state index in [1.807, 2.05) is 0 Å². The average Bonchev–Trinajstić information content (AvgIpc) is 2.55. The Balaban J connectivity index is 2.40. The van der Waals surface area contributed by atoms with Crippen LogP contribution in [0.1, 0.15) is 19.4 Å². The molecule has 0 spiro atoms. The Labute approximate surface area is 90.7 Å². The maximum absolute atomic E-state index is 5.70. The minimum Gasteiger partial charge on any atom is -0.330 e. The van der Waals surface area contributed by atoms with Gasteiger partial charge in [-0.2, -0.15) is 11.3 Å². The molecule has 0 bridgehead atoms. The highest BCUT2D eigenvalue weighted by molar-refractivity contribution is 7.07. The molecular weight excluding hydrogens is 192 g/mol. The predicted molar refractivity (Wildman–Crippen MR) is 63.5 cm³/mol. The highest BCUT2D eigenvalue weighted by Crippen LogP contribution is 2.16. The molecule has 0 unspecified atom stereocenters. The predicted octanol–water partition coefficient (Wildman–Crippen LogP) is 2.16. The zero-order valence-corrected chi connectivity index (χ0v) is 10.1. The summed E-state index contributed by atoms with van der Waals surface area (Å²) in [5.74, 6) is 0. The summed E-state index contributed by atoms with van der Waals surface area (Å²) in [6, 6.07) is 2.18. The molecule has 0 atom stereocenters. The molecule has 1 heterocycles. The number of hydrogen-bond acceptors (Lipinski definition) is 3. The van der Waals surface area contributed by atoms with Gasteiger partial charge in [0, 0.05) is 13.1 Å². The second-order valence-electron chi connectivity index (χ2n) is 4.67. The summed E-state index contributed by atoms with van der Waals surface area (Å²) in [5, 5.41) is 4.32. The summed E-state index contributed by atoms with van der Waals surface area (Å²) >= 11 is 1.75. The third kappa shape index (κ3) is 3.78. The summed E-state index contributed by atoms with van der Waals surface area (Å²) in [6.45, 7) is 7.21. The van der Waals surface area contributed by atoms with Gasteiger partial charge in [0.25, 0.3) is 0 Å². The molecule has 1 aromatic rings. The lowest BCUT2D eigenvalue weighted by Crippen LogP contribution is -2.36. The Morgan fingerprint density at radius 3 is 2.71 bits per heavy atom. The molecular formula is C11H20N2S. The quantitative estimate of drug-likeness (QED) is 0.810. The van der Waals surface area contributed by atoms with Crippen LogP contribution in [0.15, 0.2) is 16.8 Å². The van der Waals surface area contributed by atoms with Crippen LogP contribution >= 0.6 is 11.3 Å². The molecule has 1 rings (SSSR count). The van der Waals surface area contributed by atoms with Gasteiger partial charge in [-0.3, -0.25) is 0 Å². The number of hydrogen-bond donors (Lipinski definition) is 1. The first-order valence-corrected chi connectivity index (χ1v) is 5.87. The van der Waals surface area contributed by atoms with Crippen molar-refractivity contribution < 1.29 is 0 Å². The van der Waals surface area contributed by atoms with Gasteiger partial charge < -0.3 is 10.6 Å². The van der Waals surface area contributed by atoms with E-state index in [0.717, 1.165) is 19.6 Å². The SMILES string of the molecule is CN(Cc1ccsc1)CC(C)(C)CN. The van der Waals surface area contributed by atoms with Crippen LogP contribution < -0.4 is 5.73 Å².